The van der Waals surface area contributed by atoms with Gasteiger partial charge in [0.2, 0.25) is 5.91 Å². The summed E-state index contributed by atoms with van der Waals surface area (Å²) in [5.41, 5.74) is 4.98. The molecule has 0 bridgehead atoms. The predicted molar refractivity (Wildman–Crippen MR) is 142 cm³/mol. The first-order valence-electron chi connectivity index (χ1n) is 12.5. The highest BCUT2D eigenvalue weighted by Gasteiger charge is 2.29. The summed E-state index contributed by atoms with van der Waals surface area (Å²) in [5, 5.41) is 0. The quantitative estimate of drug-likeness (QED) is 0.331. The summed E-state index contributed by atoms with van der Waals surface area (Å²) < 4.78 is 0. The van der Waals surface area contributed by atoms with Crippen LogP contribution in [0.4, 0.5) is 0 Å². The van der Waals surface area contributed by atoms with Gasteiger partial charge in [-0.2, -0.15) is 0 Å². The van der Waals surface area contributed by atoms with Crippen molar-refractivity contribution in [3.8, 4) is 0 Å². The fourth-order valence-electron chi connectivity index (χ4n) is 5.22. The van der Waals surface area contributed by atoms with E-state index in [1.165, 1.54) is 22.3 Å². The number of hydrogen-bond acceptors (Lipinski definition) is 2. The molecule has 4 aromatic rings. The van der Waals surface area contributed by atoms with Crippen molar-refractivity contribution in [2.24, 2.45) is 0 Å². The van der Waals surface area contributed by atoms with E-state index in [9.17, 15) is 4.79 Å². The van der Waals surface area contributed by atoms with Crippen LogP contribution in [0.15, 0.2) is 121 Å². The zero-order chi connectivity index (χ0) is 23.9. The molecule has 0 spiro atoms. The lowest BCUT2D eigenvalue weighted by atomic mass is 9.88. The lowest BCUT2D eigenvalue weighted by Crippen LogP contribution is -2.50. The third kappa shape index (κ3) is 5.52. The summed E-state index contributed by atoms with van der Waals surface area (Å²) in [4.78, 5) is 18.1. The minimum atomic E-state index is 0.0734. The van der Waals surface area contributed by atoms with Gasteiger partial charge < -0.3 is 4.90 Å². The molecule has 5 rings (SSSR count). The van der Waals surface area contributed by atoms with E-state index >= 15 is 0 Å². The minimum Gasteiger partial charge on any atom is -0.340 e. The number of rotatable bonds is 7. The lowest BCUT2D eigenvalue weighted by Gasteiger charge is -2.40. The van der Waals surface area contributed by atoms with Crippen molar-refractivity contribution in [1.29, 1.82) is 0 Å². The standard InChI is InChI=1S/C32H32N2O/c35-31(25-30(26-13-5-1-6-14-26)27-15-7-2-8-16-27)33-21-23-34(24-22-33)32(28-17-9-3-10-18-28)29-19-11-4-12-20-29/h1-20,30,32H,21-25H2. The SMILES string of the molecule is O=C(CC(c1ccccc1)c1ccccc1)N1CCN(C(c2ccccc2)c2ccccc2)CC1. The number of piperazine rings is 1. The van der Waals surface area contributed by atoms with Gasteiger partial charge >= 0.3 is 0 Å². The highest BCUT2D eigenvalue weighted by molar-refractivity contribution is 5.78. The van der Waals surface area contributed by atoms with E-state index in [-0.39, 0.29) is 17.9 Å². The van der Waals surface area contributed by atoms with Gasteiger partial charge in [0, 0.05) is 38.5 Å². The molecule has 1 heterocycles. The predicted octanol–water partition coefficient (Wildman–Crippen LogP) is 6.14. The van der Waals surface area contributed by atoms with E-state index < -0.39 is 0 Å². The van der Waals surface area contributed by atoms with Gasteiger partial charge in [-0.15, -0.1) is 0 Å². The molecule has 35 heavy (non-hydrogen) atoms. The molecule has 3 heteroatoms. The van der Waals surface area contributed by atoms with Gasteiger partial charge in [0.05, 0.1) is 6.04 Å². The van der Waals surface area contributed by atoms with Crippen molar-refractivity contribution in [2.45, 2.75) is 18.4 Å². The molecule has 1 aliphatic rings. The Morgan fingerprint density at radius 3 is 1.31 bits per heavy atom. The van der Waals surface area contributed by atoms with Crippen LogP contribution in [0.1, 0.15) is 40.6 Å². The Balaban J connectivity index is 1.30. The van der Waals surface area contributed by atoms with E-state index in [2.05, 4.69) is 119 Å². The molecule has 0 saturated carbocycles. The smallest absolute Gasteiger partial charge is 0.223 e. The van der Waals surface area contributed by atoms with E-state index in [4.69, 9.17) is 0 Å². The molecule has 0 unspecified atom stereocenters. The van der Waals surface area contributed by atoms with Gasteiger partial charge in [0.15, 0.2) is 0 Å². The van der Waals surface area contributed by atoms with Gasteiger partial charge in [-0.25, -0.2) is 0 Å². The van der Waals surface area contributed by atoms with Gasteiger partial charge in [0.1, 0.15) is 0 Å². The molecule has 4 aromatic carbocycles. The third-order valence-electron chi connectivity index (χ3n) is 7.05. The Morgan fingerprint density at radius 2 is 0.914 bits per heavy atom. The summed E-state index contributed by atoms with van der Waals surface area (Å²) in [6.45, 7) is 3.24. The molecule has 176 valence electrons. The first-order valence-corrected chi connectivity index (χ1v) is 12.5. The van der Waals surface area contributed by atoms with Crippen molar-refractivity contribution in [2.75, 3.05) is 26.2 Å². The maximum atomic E-state index is 13.5. The average Bonchev–Trinajstić information content (AvgIpc) is 2.94. The van der Waals surface area contributed by atoms with Crippen LogP contribution in [0.5, 0.6) is 0 Å². The van der Waals surface area contributed by atoms with Crippen molar-refractivity contribution in [3.63, 3.8) is 0 Å². The van der Waals surface area contributed by atoms with Crippen LogP contribution in [0.3, 0.4) is 0 Å². The summed E-state index contributed by atoms with van der Waals surface area (Å²) >= 11 is 0. The third-order valence-corrected chi connectivity index (χ3v) is 7.05. The Kier molecular flexibility index (Phi) is 7.35. The van der Waals surface area contributed by atoms with Gasteiger partial charge in [-0.05, 0) is 22.3 Å². The first-order chi connectivity index (χ1) is 17.3. The molecular weight excluding hydrogens is 428 g/mol. The molecule has 1 saturated heterocycles. The average molecular weight is 461 g/mol. The largest absolute Gasteiger partial charge is 0.340 e. The fourth-order valence-corrected chi connectivity index (χ4v) is 5.22. The van der Waals surface area contributed by atoms with Crippen LogP contribution < -0.4 is 0 Å². The van der Waals surface area contributed by atoms with Crippen molar-refractivity contribution >= 4 is 5.91 Å². The Morgan fingerprint density at radius 1 is 0.543 bits per heavy atom. The summed E-state index contributed by atoms with van der Waals surface area (Å²) in [6, 6.07) is 42.4. The van der Waals surface area contributed by atoms with Crippen LogP contribution in [0.2, 0.25) is 0 Å². The maximum Gasteiger partial charge on any atom is 0.223 e. The van der Waals surface area contributed by atoms with E-state index in [0.29, 0.717) is 6.42 Å². The second-order valence-electron chi connectivity index (χ2n) is 9.22. The molecule has 1 fully saturated rings. The molecule has 0 aromatic heterocycles. The second-order valence-corrected chi connectivity index (χ2v) is 9.22. The topological polar surface area (TPSA) is 23.6 Å². The number of nitrogens with zero attached hydrogens (tertiary/aromatic N) is 2. The molecule has 1 aliphatic heterocycles. The summed E-state index contributed by atoms with van der Waals surface area (Å²) in [5.74, 6) is 0.308. The minimum absolute atomic E-state index is 0.0734. The highest BCUT2D eigenvalue weighted by Crippen LogP contribution is 2.31. The Hall–Kier alpha value is -3.69. The number of benzene rings is 4. The number of carbonyl (C=O) groups is 1. The van der Waals surface area contributed by atoms with Crippen LogP contribution in [0, 0.1) is 0 Å². The summed E-state index contributed by atoms with van der Waals surface area (Å²) in [6.07, 6.45) is 0.495. The second kappa shape index (κ2) is 11.2. The van der Waals surface area contributed by atoms with Gasteiger partial charge in [-0.3, -0.25) is 9.69 Å². The molecule has 3 nitrogen and oxygen atoms in total. The molecule has 1 amide bonds. The molecule has 0 atom stereocenters. The van der Waals surface area contributed by atoms with Crippen molar-refractivity contribution in [1.82, 2.24) is 9.80 Å². The fraction of sp³-hybridized carbons (Fsp3) is 0.219. The lowest BCUT2D eigenvalue weighted by molar-refractivity contribution is -0.133. The molecular formula is C32H32N2O. The van der Waals surface area contributed by atoms with Crippen LogP contribution in [0.25, 0.3) is 0 Å². The van der Waals surface area contributed by atoms with E-state index in [1.807, 2.05) is 12.1 Å². The number of hydrogen-bond donors (Lipinski definition) is 0. The Labute approximate surface area is 208 Å². The van der Waals surface area contributed by atoms with Gasteiger partial charge in [0.25, 0.3) is 0 Å². The van der Waals surface area contributed by atoms with Crippen molar-refractivity contribution < 1.29 is 4.79 Å². The zero-order valence-corrected chi connectivity index (χ0v) is 20.0. The van der Waals surface area contributed by atoms with Crippen LogP contribution in [-0.2, 0) is 4.79 Å². The normalized spacial score (nSPS) is 14.4. The maximum absolute atomic E-state index is 13.5. The monoisotopic (exact) mass is 460 g/mol. The molecule has 0 radical (unpaired) electrons. The summed E-state index contributed by atoms with van der Waals surface area (Å²) in [7, 11) is 0. The highest BCUT2D eigenvalue weighted by atomic mass is 16.2. The Bertz CT molecular complexity index is 1110. The van der Waals surface area contributed by atoms with E-state index in [0.717, 1.165) is 26.2 Å². The number of amides is 1. The number of carbonyl (C=O) groups excluding carboxylic acids is 1. The molecule has 0 N–H and O–H groups in total. The van der Waals surface area contributed by atoms with Gasteiger partial charge in [-0.1, -0.05) is 121 Å². The zero-order valence-electron chi connectivity index (χ0n) is 20.0. The first kappa shape index (κ1) is 23.1. The van der Waals surface area contributed by atoms with Crippen molar-refractivity contribution in [3.05, 3.63) is 144 Å². The molecule has 0 aliphatic carbocycles. The van der Waals surface area contributed by atoms with E-state index in [1.54, 1.807) is 0 Å². The van der Waals surface area contributed by atoms with Crippen LogP contribution in [-0.4, -0.2) is 41.9 Å². The van der Waals surface area contributed by atoms with Crippen LogP contribution >= 0.6 is 0 Å².